The third kappa shape index (κ3) is 3.87. The van der Waals surface area contributed by atoms with Gasteiger partial charge in [0.05, 0.1) is 27.1 Å². The van der Waals surface area contributed by atoms with Crippen LogP contribution in [0.4, 0.5) is 0 Å². The first kappa shape index (κ1) is 21.8. The standard InChI is InChI=1S/C28H19BrN2O3S/c1-33-24-14-17(15-25-27(32)31-23-12-5-4-11-22(23)30-28(31)35-25)13-21(29)26(24)34-16-19-9-6-8-18-7-2-3-10-20(18)19/h2-15H,16H2,1H3/b25-15-. The highest BCUT2D eigenvalue weighted by Gasteiger charge is 2.14. The average molecular weight is 543 g/mol. The molecule has 0 amide bonds. The summed E-state index contributed by atoms with van der Waals surface area (Å²) in [5.41, 5.74) is 3.49. The van der Waals surface area contributed by atoms with Gasteiger partial charge in [0.1, 0.15) is 6.61 Å². The fourth-order valence-electron chi connectivity index (χ4n) is 4.29. The molecule has 0 saturated carbocycles. The lowest BCUT2D eigenvalue weighted by Crippen LogP contribution is -2.22. The van der Waals surface area contributed by atoms with Crippen molar-refractivity contribution in [3.63, 3.8) is 0 Å². The van der Waals surface area contributed by atoms with Gasteiger partial charge in [-0.25, -0.2) is 9.38 Å². The molecular weight excluding hydrogens is 524 g/mol. The lowest BCUT2D eigenvalue weighted by atomic mass is 10.1. The van der Waals surface area contributed by atoms with Crippen LogP contribution in [0, 0.1) is 0 Å². The van der Waals surface area contributed by atoms with Gasteiger partial charge in [0, 0.05) is 0 Å². The van der Waals surface area contributed by atoms with E-state index in [1.165, 1.54) is 16.7 Å². The summed E-state index contributed by atoms with van der Waals surface area (Å²) in [6.45, 7) is 0.402. The van der Waals surface area contributed by atoms with E-state index < -0.39 is 0 Å². The number of hydrogen-bond donors (Lipinski definition) is 0. The smallest absolute Gasteiger partial charge is 0.274 e. The minimum absolute atomic E-state index is 0.0786. The number of thiazole rings is 1. The molecule has 0 atom stereocenters. The maximum Gasteiger partial charge on any atom is 0.274 e. The molecule has 7 heteroatoms. The molecule has 35 heavy (non-hydrogen) atoms. The number of aromatic nitrogens is 2. The normalized spacial score (nSPS) is 12.1. The molecule has 0 fully saturated rings. The molecule has 2 aromatic heterocycles. The third-order valence-electron chi connectivity index (χ3n) is 5.95. The number of fused-ring (bicyclic) bond motifs is 4. The predicted octanol–water partition coefficient (Wildman–Crippen LogP) is 5.96. The van der Waals surface area contributed by atoms with Crippen molar-refractivity contribution in [3.8, 4) is 11.5 Å². The highest BCUT2D eigenvalue weighted by molar-refractivity contribution is 9.10. The Bertz CT molecular complexity index is 1840. The topological polar surface area (TPSA) is 52.8 Å². The Morgan fingerprint density at radius 2 is 1.83 bits per heavy atom. The lowest BCUT2D eigenvalue weighted by Gasteiger charge is -2.14. The first-order chi connectivity index (χ1) is 17.1. The van der Waals surface area contributed by atoms with Crippen molar-refractivity contribution in [2.45, 2.75) is 6.61 Å². The number of para-hydroxylation sites is 2. The number of ether oxygens (including phenoxy) is 2. The lowest BCUT2D eigenvalue weighted by molar-refractivity contribution is 0.283. The van der Waals surface area contributed by atoms with Crippen LogP contribution in [0.15, 0.2) is 88.1 Å². The second kappa shape index (κ2) is 8.83. The molecule has 0 unspecified atom stereocenters. The quantitative estimate of drug-likeness (QED) is 0.269. The number of benzene rings is 4. The van der Waals surface area contributed by atoms with Crippen LogP contribution in [0.3, 0.4) is 0 Å². The third-order valence-corrected chi connectivity index (χ3v) is 7.50. The van der Waals surface area contributed by atoms with Crippen LogP contribution in [0.1, 0.15) is 11.1 Å². The monoisotopic (exact) mass is 542 g/mol. The summed E-state index contributed by atoms with van der Waals surface area (Å²) in [5, 5.41) is 2.33. The fourth-order valence-corrected chi connectivity index (χ4v) is 5.86. The Morgan fingerprint density at radius 3 is 2.71 bits per heavy atom. The van der Waals surface area contributed by atoms with E-state index in [-0.39, 0.29) is 5.56 Å². The van der Waals surface area contributed by atoms with E-state index >= 15 is 0 Å². The molecule has 5 nitrogen and oxygen atoms in total. The zero-order chi connectivity index (χ0) is 23.9. The largest absolute Gasteiger partial charge is 0.493 e. The van der Waals surface area contributed by atoms with Crippen LogP contribution < -0.4 is 19.6 Å². The zero-order valence-electron chi connectivity index (χ0n) is 18.7. The molecule has 0 N–H and O–H groups in total. The van der Waals surface area contributed by atoms with Crippen molar-refractivity contribution in [2.75, 3.05) is 7.11 Å². The van der Waals surface area contributed by atoms with Gasteiger partial charge in [0.25, 0.3) is 5.56 Å². The molecule has 0 bridgehead atoms. The van der Waals surface area contributed by atoms with Gasteiger partial charge in [0.2, 0.25) is 0 Å². The Morgan fingerprint density at radius 1 is 1.03 bits per heavy atom. The second-order valence-corrected chi connectivity index (χ2v) is 9.96. The van der Waals surface area contributed by atoms with Gasteiger partial charge in [-0.1, -0.05) is 65.9 Å². The highest BCUT2D eigenvalue weighted by Crippen LogP contribution is 2.37. The van der Waals surface area contributed by atoms with E-state index in [0.29, 0.717) is 27.6 Å². The van der Waals surface area contributed by atoms with E-state index in [2.05, 4.69) is 45.2 Å². The first-order valence-corrected chi connectivity index (χ1v) is 12.6. The number of methoxy groups -OCH3 is 1. The molecule has 0 aliphatic rings. The summed E-state index contributed by atoms with van der Waals surface area (Å²) >= 11 is 5.01. The molecule has 6 aromatic rings. The summed E-state index contributed by atoms with van der Waals surface area (Å²) in [4.78, 5) is 18.4. The van der Waals surface area contributed by atoms with Crippen LogP contribution in [0.2, 0.25) is 0 Å². The summed E-state index contributed by atoms with van der Waals surface area (Å²) in [6.07, 6.45) is 1.86. The van der Waals surface area contributed by atoms with Gasteiger partial charge in [-0.05, 0) is 68.2 Å². The minimum atomic E-state index is -0.0786. The SMILES string of the molecule is COc1cc(/C=c2\sc3nc4ccccc4n3c2=O)cc(Br)c1OCc1cccc2ccccc12. The van der Waals surface area contributed by atoms with Crippen molar-refractivity contribution in [1.29, 1.82) is 0 Å². The maximum absolute atomic E-state index is 13.1. The number of nitrogens with zero attached hydrogens (tertiary/aromatic N) is 2. The molecule has 0 radical (unpaired) electrons. The van der Waals surface area contributed by atoms with Crippen molar-refractivity contribution < 1.29 is 9.47 Å². The van der Waals surface area contributed by atoms with Gasteiger partial charge in [-0.2, -0.15) is 0 Å². The Hall–Kier alpha value is -3.68. The van der Waals surface area contributed by atoms with Crippen molar-refractivity contribution in [3.05, 3.63) is 109 Å². The van der Waals surface area contributed by atoms with Crippen molar-refractivity contribution >= 4 is 60.1 Å². The van der Waals surface area contributed by atoms with Gasteiger partial charge in [0.15, 0.2) is 16.5 Å². The van der Waals surface area contributed by atoms with E-state index in [1.54, 1.807) is 11.5 Å². The van der Waals surface area contributed by atoms with Crippen LogP contribution in [-0.2, 0) is 6.61 Å². The maximum atomic E-state index is 13.1. The molecule has 0 aliphatic carbocycles. The molecule has 0 spiro atoms. The average Bonchev–Trinajstić information content (AvgIpc) is 3.39. The summed E-state index contributed by atoms with van der Waals surface area (Å²) < 4.78 is 14.9. The van der Waals surface area contributed by atoms with Crippen LogP contribution in [0.25, 0.3) is 32.8 Å². The van der Waals surface area contributed by atoms with Gasteiger partial charge in [-0.15, -0.1) is 0 Å². The first-order valence-electron chi connectivity index (χ1n) is 11.0. The Balaban J connectivity index is 1.36. The number of rotatable bonds is 5. The molecule has 0 aliphatic heterocycles. The predicted molar refractivity (Wildman–Crippen MR) is 145 cm³/mol. The molecule has 172 valence electrons. The van der Waals surface area contributed by atoms with E-state index in [1.807, 2.05) is 60.7 Å². The van der Waals surface area contributed by atoms with Gasteiger partial charge in [-0.3, -0.25) is 4.79 Å². The van der Waals surface area contributed by atoms with Gasteiger partial charge < -0.3 is 9.47 Å². The van der Waals surface area contributed by atoms with E-state index in [9.17, 15) is 4.79 Å². The fraction of sp³-hybridized carbons (Fsp3) is 0.0714. The van der Waals surface area contributed by atoms with Gasteiger partial charge >= 0.3 is 0 Å². The summed E-state index contributed by atoms with van der Waals surface area (Å²) in [5.74, 6) is 1.21. The number of hydrogen-bond acceptors (Lipinski definition) is 5. The Kier molecular flexibility index (Phi) is 5.51. The minimum Gasteiger partial charge on any atom is -0.493 e. The Labute approximate surface area is 213 Å². The summed E-state index contributed by atoms with van der Waals surface area (Å²) in [6, 6.07) is 25.9. The van der Waals surface area contributed by atoms with Crippen LogP contribution in [-0.4, -0.2) is 16.5 Å². The zero-order valence-corrected chi connectivity index (χ0v) is 21.1. The van der Waals surface area contributed by atoms with E-state index in [4.69, 9.17) is 9.47 Å². The second-order valence-electron chi connectivity index (χ2n) is 8.10. The highest BCUT2D eigenvalue weighted by atomic mass is 79.9. The number of imidazole rings is 1. The van der Waals surface area contributed by atoms with Crippen molar-refractivity contribution in [1.82, 2.24) is 9.38 Å². The van der Waals surface area contributed by atoms with Crippen LogP contribution >= 0.6 is 27.3 Å². The molecule has 6 rings (SSSR count). The summed E-state index contributed by atoms with van der Waals surface area (Å²) in [7, 11) is 1.61. The van der Waals surface area contributed by atoms with Crippen molar-refractivity contribution in [2.24, 2.45) is 0 Å². The molecule has 2 heterocycles. The number of halogens is 1. The molecule has 0 saturated heterocycles. The molecule has 4 aromatic carbocycles. The van der Waals surface area contributed by atoms with E-state index in [0.717, 1.165) is 32.0 Å². The van der Waals surface area contributed by atoms with Crippen LogP contribution in [0.5, 0.6) is 11.5 Å². The molecular formula is C28H19BrN2O3S.